The van der Waals surface area contributed by atoms with Gasteiger partial charge in [-0.05, 0) is 35.9 Å². The van der Waals surface area contributed by atoms with Crippen LogP contribution in [0.3, 0.4) is 0 Å². The van der Waals surface area contributed by atoms with Gasteiger partial charge in [0.25, 0.3) is 0 Å². The van der Waals surface area contributed by atoms with E-state index in [-0.39, 0.29) is 0 Å². The molecule has 0 spiro atoms. The quantitative estimate of drug-likeness (QED) is 0.842. The molecule has 0 saturated carbocycles. The highest BCUT2D eigenvalue weighted by Crippen LogP contribution is 2.13. The van der Waals surface area contributed by atoms with Crippen LogP contribution in [-0.2, 0) is 6.54 Å². The Hall–Kier alpha value is -2.04. The van der Waals surface area contributed by atoms with Gasteiger partial charge in [-0.15, -0.1) is 0 Å². The fraction of sp³-hybridized carbons (Fsp3) is 0.316. The molecule has 4 nitrogen and oxygen atoms in total. The Morgan fingerprint density at radius 2 is 1.83 bits per heavy atom. The van der Waals surface area contributed by atoms with E-state index in [1.807, 2.05) is 42.6 Å². The minimum atomic E-state index is 0.865. The van der Waals surface area contributed by atoms with E-state index >= 15 is 0 Å². The maximum atomic E-state index is 6.26. The Balaban J connectivity index is 1.49. The SMILES string of the molecule is COc1ccc(/C=N/N2CC[NH+](Cc3ccccc3Cl)CC2)cc1. The molecular weight excluding hydrogens is 322 g/mol. The summed E-state index contributed by atoms with van der Waals surface area (Å²) in [4.78, 5) is 1.55. The third-order valence-electron chi connectivity index (χ3n) is 4.33. The van der Waals surface area contributed by atoms with Crippen LogP contribution in [0.15, 0.2) is 53.6 Å². The van der Waals surface area contributed by atoms with Crippen LogP contribution in [0.5, 0.6) is 5.75 Å². The number of hydrogen-bond acceptors (Lipinski definition) is 3. The number of piperazine rings is 1. The summed E-state index contributed by atoms with van der Waals surface area (Å²) >= 11 is 6.26. The summed E-state index contributed by atoms with van der Waals surface area (Å²) in [6.45, 7) is 5.06. The third-order valence-corrected chi connectivity index (χ3v) is 4.70. The molecule has 0 aliphatic carbocycles. The second kappa shape index (κ2) is 8.18. The number of nitrogens with one attached hydrogen (secondary N) is 1. The average molecular weight is 345 g/mol. The zero-order valence-electron chi connectivity index (χ0n) is 13.9. The summed E-state index contributed by atoms with van der Waals surface area (Å²) in [5.41, 5.74) is 2.31. The minimum absolute atomic E-state index is 0.865. The highest BCUT2D eigenvalue weighted by Gasteiger charge is 2.19. The van der Waals surface area contributed by atoms with Gasteiger partial charge in [0.2, 0.25) is 0 Å². The Kier molecular flexibility index (Phi) is 5.72. The van der Waals surface area contributed by atoms with Crippen molar-refractivity contribution in [1.29, 1.82) is 0 Å². The van der Waals surface area contributed by atoms with Gasteiger partial charge in [-0.25, -0.2) is 0 Å². The first-order valence-corrected chi connectivity index (χ1v) is 8.62. The summed E-state index contributed by atoms with van der Waals surface area (Å²) in [5.74, 6) is 0.865. The molecule has 24 heavy (non-hydrogen) atoms. The molecule has 3 rings (SSSR count). The predicted octanol–water partition coefficient (Wildman–Crippen LogP) is 2.08. The van der Waals surface area contributed by atoms with E-state index in [1.165, 1.54) is 5.56 Å². The van der Waals surface area contributed by atoms with Gasteiger partial charge in [0, 0.05) is 10.6 Å². The molecule has 1 aliphatic rings. The van der Waals surface area contributed by atoms with Crippen molar-refractivity contribution in [2.45, 2.75) is 6.54 Å². The van der Waals surface area contributed by atoms with Crippen molar-refractivity contribution in [2.24, 2.45) is 5.10 Å². The first-order valence-electron chi connectivity index (χ1n) is 8.24. The number of methoxy groups -OCH3 is 1. The second-order valence-corrected chi connectivity index (χ2v) is 6.40. The molecule has 0 radical (unpaired) electrons. The van der Waals surface area contributed by atoms with Crippen molar-refractivity contribution in [3.8, 4) is 5.75 Å². The van der Waals surface area contributed by atoms with E-state index in [1.54, 1.807) is 12.0 Å². The standard InChI is InChI=1S/C19H22ClN3O/c1-24-18-8-6-16(7-9-18)14-21-23-12-10-22(11-13-23)15-17-4-2-3-5-19(17)20/h2-9,14H,10-13,15H2,1H3/p+1/b21-14+. The lowest BCUT2D eigenvalue weighted by Gasteiger charge is -2.30. The van der Waals surface area contributed by atoms with E-state index in [4.69, 9.17) is 16.3 Å². The fourth-order valence-corrected chi connectivity index (χ4v) is 3.06. The number of nitrogens with zero attached hydrogens (tertiary/aromatic N) is 2. The molecule has 0 unspecified atom stereocenters. The molecule has 0 amide bonds. The van der Waals surface area contributed by atoms with Crippen LogP contribution in [0.25, 0.3) is 0 Å². The van der Waals surface area contributed by atoms with Gasteiger partial charge in [-0.3, -0.25) is 5.01 Å². The molecule has 1 N–H and O–H groups in total. The molecule has 1 saturated heterocycles. The predicted molar refractivity (Wildman–Crippen MR) is 98.0 cm³/mol. The van der Waals surface area contributed by atoms with Gasteiger partial charge < -0.3 is 9.64 Å². The highest BCUT2D eigenvalue weighted by molar-refractivity contribution is 6.31. The number of halogens is 1. The summed E-state index contributed by atoms with van der Waals surface area (Å²) in [5, 5.41) is 7.60. The molecule has 1 aliphatic heterocycles. The van der Waals surface area contributed by atoms with E-state index in [2.05, 4.69) is 22.2 Å². The summed E-state index contributed by atoms with van der Waals surface area (Å²) in [7, 11) is 1.67. The Morgan fingerprint density at radius 1 is 1.12 bits per heavy atom. The van der Waals surface area contributed by atoms with Crippen molar-refractivity contribution in [2.75, 3.05) is 33.3 Å². The zero-order chi connectivity index (χ0) is 16.8. The minimum Gasteiger partial charge on any atom is -0.497 e. The average Bonchev–Trinajstić information content (AvgIpc) is 2.63. The molecule has 1 fully saturated rings. The van der Waals surface area contributed by atoms with Crippen LogP contribution in [-0.4, -0.2) is 44.5 Å². The highest BCUT2D eigenvalue weighted by atomic mass is 35.5. The lowest BCUT2D eigenvalue weighted by Crippen LogP contribution is -3.13. The Bertz CT molecular complexity index is 679. The van der Waals surface area contributed by atoms with Crippen LogP contribution < -0.4 is 9.64 Å². The van der Waals surface area contributed by atoms with E-state index in [0.29, 0.717) is 0 Å². The second-order valence-electron chi connectivity index (χ2n) is 5.99. The molecule has 0 bridgehead atoms. The van der Waals surface area contributed by atoms with Crippen molar-refractivity contribution < 1.29 is 9.64 Å². The number of rotatable bonds is 5. The van der Waals surface area contributed by atoms with Crippen molar-refractivity contribution >= 4 is 17.8 Å². The lowest BCUT2D eigenvalue weighted by molar-refractivity contribution is -0.918. The van der Waals surface area contributed by atoms with Gasteiger partial charge in [0.05, 0.1) is 39.5 Å². The van der Waals surface area contributed by atoms with Crippen molar-refractivity contribution in [3.63, 3.8) is 0 Å². The molecular formula is C19H23ClN3O+. The number of quaternary nitrogens is 1. The normalized spacial score (nSPS) is 15.8. The number of hydrogen-bond donors (Lipinski definition) is 1. The van der Waals surface area contributed by atoms with Crippen LogP contribution in [0.4, 0.5) is 0 Å². The van der Waals surface area contributed by atoms with Gasteiger partial charge in [-0.2, -0.15) is 5.10 Å². The molecule has 126 valence electrons. The first-order chi connectivity index (χ1) is 11.7. The fourth-order valence-electron chi connectivity index (χ4n) is 2.85. The van der Waals surface area contributed by atoms with E-state index < -0.39 is 0 Å². The van der Waals surface area contributed by atoms with Gasteiger partial charge in [0.15, 0.2) is 0 Å². The summed E-state index contributed by atoms with van der Waals surface area (Å²) < 4.78 is 5.17. The molecule has 2 aromatic carbocycles. The zero-order valence-corrected chi connectivity index (χ0v) is 14.7. The van der Waals surface area contributed by atoms with Crippen molar-refractivity contribution in [3.05, 3.63) is 64.7 Å². The summed E-state index contributed by atoms with van der Waals surface area (Å²) in [6.07, 6.45) is 1.92. The monoisotopic (exact) mass is 344 g/mol. The Labute approximate surface area is 148 Å². The van der Waals surface area contributed by atoms with Crippen LogP contribution in [0.2, 0.25) is 5.02 Å². The maximum absolute atomic E-state index is 6.26. The van der Waals surface area contributed by atoms with Crippen LogP contribution in [0.1, 0.15) is 11.1 Å². The van der Waals surface area contributed by atoms with E-state index in [0.717, 1.165) is 49.1 Å². The molecule has 0 atom stereocenters. The molecule has 2 aromatic rings. The van der Waals surface area contributed by atoms with Crippen LogP contribution in [0, 0.1) is 0 Å². The largest absolute Gasteiger partial charge is 0.497 e. The van der Waals surface area contributed by atoms with Gasteiger partial charge in [0.1, 0.15) is 12.3 Å². The van der Waals surface area contributed by atoms with E-state index in [9.17, 15) is 0 Å². The lowest BCUT2D eigenvalue weighted by atomic mass is 10.2. The topological polar surface area (TPSA) is 29.3 Å². The Morgan fingerprint density at radius 3 is 2.50 bits per heavy atom. The molecule has 5 heteroatoms. The maximum Gasteiger partial charge on any atom is 0.118 e. The number of ether oxygens (including phenoxy) is 1. The smallest absolute Gasteiger partial charge is 0.118 e. The number of benzene rings is 2. The van der Waals surface area contributed by atoms with Crippen molar-refractivity contribution in [1.82, 2.24) is 5.01 Å². The van der Waals surface area contributed by atoms with Crippen LogP contribution >= 0.6 is 11.6 Å². The van der Waals surface area contributed by atoms with Gasteiger partial charge >= 0.3 is 0 Å². The molecule has 0 aromatic heterocycles. The number of hydrazone groups is 1. The molecule has 1 heterocycles. The summed E-state index contributed by atoms with van der Waals surface area (Å²) in [6, 6.07) is 16.0. The first kappa shape index (κ1) is 16.8. The third kappa shape index (κ3) is 4.49. The van der Waals surface area contributed by atoms with Gasteiger partial charge in [-0.1, -0.05) is 29.8 Å².